The number of benzene rings is 1. The van der Waals surface area contributed by atoms with Gasteiger partial charge in [0.2, 0.25) is 0 Å². The molecular weight excluding hydrogens is 272 g/mol. The van der Waals surface area contributed by atoms with Gasteiger partial charge in [-0.1, -0.05) is 18.2 Å². The van der Waals surface area contributed by atoms with Crippen LogP contribution in [0.4, 0.5) is 4.79 Å². The maximum Gasteiger partial charge on any atom is 0.319 e. The van der Waals surface area contributed by atoms with Gasteiger partial charge < -0.3 is 10.5 Å². The number of carbonyl (C=O) groups excluding carboxylic acids is 3. The molecule has 0 radical (unpaired) electrons. The number of Topliss-reactive ketones (excluding diaryl/α,β-unsaturated/α-hetero) is 1. The lowest BCUT2D eigenvalue weighted by Crippen LogP contribution is -2.37. The summed E-state index contributed by atoms with van der Waals surface area (Å²) in [5.41, 5.74) is 6.24. The molecule has 6 heteroatoms. The molecule has 1 aromatic carbocycles. The van der Waals surface area contributed by atoms with Crippen LogP contribution in [0.15, 0.2) is 41.5 Å². The van der Waals surface area contributed by atoms with Crippen molar-refractivity contribution in [2.75, 3.05) is 6.61 Å². The van der Waals surface area contributed by atoms with E-state index in [9.17, 15) is 14.4 Å². The number of primary amides is 1. The minimum absolute atomic E-state index is 0.150. The first kappa shape index (κ1) is 14.5. The predicted molar refractivity (Wildman–Crippen MR) is 76.4 cm³/mol. The fraction of sp³-hybridized carbons (Fsp3) is 0.133. The van der Waals surface area contributed by atoms with Gasteiger partial charge in [0.25, 0.3) is 5.91 Å². The highest BCUT2D eigenvalue weighted by atomic mass is 16.5. The molecule has 3 N–H and O–H groups in total. The Morgan fingerprint density at radius 1 is 1.29 bits per heavy atom. The van der Waals surface area contributed by atoms with Gasteiger partial charge in [-0.25, -0.2) is 4.79 Å². The molecule has 1 aliphatic rings. The Morgan fingerprint density at radius 2 is 2.00 bits per heavy atom. The summed E-state index contributed by atoms with van der Waals surface area (Å²) >= 11 is 0. The van der Waals surface area contributed by atoms with Gasteiger partial charge in [-0.3, -0.25) is 14.9 Å². The Hall–Kier alpha value is -2.89. The third kappa shape index (κ3) is 3.56. The standard InChI is InChI=1S/C15H14N2O4/c1-9(18)12(14(19)17-15(16)20)7-10-6-11-4-2-3-5-13(11)21-8-10/h2-7H,8H2,1H3,(H3,16,17,19,20)/b12-7-. The van der Waals surface area contributed by atoms with Crippen LogP contribution in [0, 0.1) is 0 Å². The third-order valence-electron chi connectivity index (χ3n) is 2.84. The molecule has 1 aromatic rings. The van der Waals surface area contributed by atoms with Crippen molar-refractivity contribution < 1.29 is 19.1 Å². The van der Waals surface area contributed by atoms with E-state index in [2.05, 4.69) is 0 Å². The molecule has 0 aliphatic carbocycles. The molecule has 6 nitrogen and oxygen atoms in total. The Balaban J connectivity index is 2.32. The van der Waals surface area contributed by atoms with Gasteiger partial charge in [-0.2, -0.15) is 0 Å². The van der Waals surface area contributed by atoms with Gasteiger partial charge in [-0.15, -0.1) is 0 Å². The first-order valence-electron chi connectivity index (χ1n) is 6.23. The zero-order valence-electron chi connectivity index (χ0n) is 11.4. The number of urea groups is 1. The normalized spacial score (nSPS) is 13.6. The van der Waals surface area contributed by atoms with E-state index in [-0.39, 0.29) is 12.2 Å². The summed E-state index contributed by atoms with van der Waals surface area (Å²) < 4.78 is 5.53. The fourth-order valence-corrected chi connectivity index (χ4v) is 1.91. The van der Waals surface area contributed by atoms with Crippen molar-refractivity contribution in [3.05, 3.63) is 47.1 Å². The number of para-hydroxylation sites is 1. The van der Waals surface area contributed by atoms with Gasteiger partial charge in [0.15, 0.2) is 5.78 Å². The van der Waals surface area contributed by atoms with Crippen molar-refractivity contribution in [1.82, 2.24) is 5.32 Å². The molecule has 0 unspecified atom stereocenters. The molecule has 21 heavy (non-hydrogen) atoms. The largest absolute Gasteiger partial charge is 0.488 e. The number of amides is 3. The average Bonchev–Trinajstić information content (AvgIpc) is 2.43. The Kier molecular flexibility index (Phi) is 4.18. The van der Waals surface area contributed by atoms with Crippen molar-refractivity contribution in [2.45, 2.75) is 6.92 Å². The monoisotopic (exact) mass is 286 g/mol. The zero-order chi connectivity index (χ0) is 15.4. The first-order chi connectivity index (χ1) is 9.97. The molecule has 1 heterocycles. The Bertz CT molecular complexity index is 674. The summed E-state index contributed by atoms with van der Waals surface area (Å²) in [6.45, 7) is 1.47. The minimum atomic E-state index is -1.01. The SMILES string of the molecule is CC(=O)/C(=C/C1=Cc2ccccc2OC1)C(=O)NC(N)=O. The van der Waals surface area contributed by atoms with Crippen molar-refractivity contribution >= 4 is 23.8 Å². The van der Waals surface area contributed by atoms with Crippen LogP contribution in [0.25, 0.3) is 6.08 Å². The number of hydrogen-bond donors (Lipinski definition) is 2. The molecule has 108 valence electrons. The Morgan fingerprint density at radius 3 is 2.67 bits per heavy atom. The zero-order valence-corrected chi connectivity index (χ0v) is 11.4. The number of nitrogens with two attached hydrogens (primary N) is 1. The first-order valence-corrected chi connectivity index (χ1v) is 6.23. The van der Waals surface area contributed by atoms with E-state index in [1.807, 2.05) is 35.7 Å². The van der Waals surface area contributed by atoms with E-state index in [0.29, 0.717) is 5.57 Å². The number of carbonyl (C=O) groups is 3. The summed E-state index contributed by atoms with van der Waals surface area (Å²) in [6, 6.07) is 6.40. The molecule has 0 bridgehead atoms. The Labute approximate surface area is 121 Å². The second-order valence-corrected chi connectivity index (χ2v) is 4.48. The second kappa shape index (κ2) is 6.04. The number of hydrogen-bond acceptors (Lipinski definition) is 4. The van der Waals surface area contributed by atoms with Crippen LogP contribution < -0.4 is 15.8 Å². The maximum absolute atomic E-state index is 11.7. The van der Waals surface area contributed by atoms with Crippen LogP contribution in [-0.2, 0) is 9.59 Å². The predicted octanol–water partition coefficient (Wildman–Crippen LogP) is 1.17. The van der Waals surface area contributed by atoms with Crippen LogP contribution in [-0.4, -0.2) is 24.3 Å². The number of nitrogens with one attached hydrogen (secondary N) is 1. The van der Waals surface area contributed by atoms with E-state index in [1.54, 1.807) is 0 Å². The lowest BCUT2D eigenvalue weighted by atomic mass is 10.0. The van der Waals surface area contributed by atoms with E-state index in [0.717, 1.165) is 11.3 Å². The topological polar surface area (TPSA) is 98.5 Å². The van der Waals surface area contributed by atoms with Crippen molar-refractivity contribution in [3.8, 4) is 5.75 Å². The molecule has 0 aromatic heterocycles. The molecule has 3 amide bonds. The summed E-state index contributed by atoms with van der Waals surface area (Å²) in [5.74, 6) is -0.552. The second-order valence-electron chi connectivity index (χ2n) is 4.48. The van der Waals surface area contributed by atoms with Crippen LogP contribution in [0.3, 0.4) is 0 Å². The van der Waals surface area contributed by atoms with Gasteiger partial charge in [0.1, 0.15) is 12.4 Å². The minimum Gasteiger partial charge on any atom is -0.488 e. The molecular formula is C15H14N2O4. The maximum atomic E-state index is 11.7. The molecule has 2 rings (SSSR count). The quantitative estimate of drug-likeness (QED) is 0.495. The van der Waals surface area contributed by atoms with E-state index < -0.39 is 17.7 Å². The van der Waals surface area contributed by atoms with Crippen molar-refractivity contribution in [2.24, 2.45) is 5.73 Å². The van der Waals surface area contributed by atoms with Crippen LogP contribution in [0.2, 0.25) is 0 Å². The summed E-state index contributed by atoms with van der Waals surface area (Å²) in [7, 11) is 0. The lowest BCUT2D eigenvalue weighted by molar-refractivity contribution is -0.120. The molecule has 0 fully saturated rings. The van der Waals surface area contributed by atoms with Crippen LogP contribution in [0.1, 0.15) is 12.5 Å². The number of rotatable bonds is 3. The number of imide groups is 1. The van der Waals surface area contributed by atoms with E-state index in [4.69, 9.17) is 10.5 Å². The molecule has 0 spiro atoms. The number of ether oxygens (including phenoxy) is 1. The molecule has 1 aliphatic heterocycles. The van der Waals surface area contributed by atoms with Crippen LogP contribution >= 0.6 is 0 Å². The molecule has 0 saturated carbocycles. The summed E-state index contributed by atoms with van der Waals surface area (Å²) in [6.07, 6.45) is 3.22. The summed E-state index contributed by atoms with van der Waals surface area (Å²) in [5, 5.41) is 1.88. The number of fused-ring (bicyclic) bond motifs is 1. The van der Waals surface area contributed by atoms with Gasteiger partial charge in [-0.05, 0) is 30.7 Å². The van der Waals surface area contributed by atoms with E-state index in [1.165, 1.54) is 13.0 Å². The molecule has 0 atom stereocenters. The average molecular weight is 286 g/mol. The van der Waals surface area contributed by atoms with Gasteiger partial charge in [0.05, 0.1) is 5.57 Å². The van der Waals surface area contributed by atoms with Gasteiger partial charge in [0, 0.05) is 5.56 Å². The number of ketones is 1. The van der Waals surface area contributed by atoms with E-state index >= 15 is 0 Å². The van der Waals surface area contributed by atoms with Crippen molar-refractivity contribution in [3.63, 3.8) is 0 Å². The van der Waals surface area contributed by atoms with Crippen molar-refractivity contribution in [1.29, 1.82) is 0 Å². The highest BCUT2D eigenvalue weighted by molar-refractivity contribution is 6.21. The van der Waals surface area contributed by atoms with Crippen LogP contribution in [0.5, 0.6) is 5.75 Å². The molecule has 0 saturated heterocycles. The highest BCUT2D eigenvalue weighted by Crippen LogP contribution is 2.26. The summed E-state index contributed by atoms with van der Waals surface area (Å²) in [4.78, 5) is 34.0. The smallest absolute Gasteiger partial charge is 0.319 e. The highest BCUT2D eigenvalue weighted by Gasteiger charge is 2.18. The lowest BCUT2D eigenvalue weighted by Gasteiger charge is -2.16. The fourth-order valence-electron chi connectivity index (χ4n) is 1.91. The third-order valence-corrected chi connectivity index (χ3v) is 2.84. The van der Waals surface area contributed by atoms with Gasteiger partial charge >= 0.3 is 6.03 Å².